The number of primary amides is 1. The molecule has 1 aliphatic heterocycles. The molecule has 1 aliphatic rings. The van der Waals surface area contributed by atoms with Crippen molar-refractivity contribution in [3.8, 4) is 11.1 Å². The third-order valence-corrected chi connectivity index (χ3v) is 7.41. The zero-order valence-electron chi connectivity index (χ0n) is 22.0. The van der Waals surface area contributed by atoms with Gasteiger partial charge in [-0.1, -0.05) is 36.4 Å². The van der Waals surface area contributed by atoms with Gasteiger partial charge in [0, 0.05) is 56.2 Å². The van der Waals surface area contributed by atoms with Crippen molar-refractivity contribution in [3.05, 3.63) is 78.2 Å². The number of nitrogens with zero attached hydrogens (tertiary/aromatic N) is 4. The number of piperidine rings is 1. The van der Waals surface area contributed by atoms with Crippen molar-refractivity contribution in [1.82, 2.24) is 19.4 Å². The predicted molar refractivity (Wildman–Crippen MR) is 152 cm³/mol. The van der Waals surface area contributed by atoms with Gasteiger partial charge >= 0.3 is 0 Å². The SMILES string of the molecule is NC(=O)CCn1c([C@@H]2CCCN(C(=O)C[C@H](N)Cc3ccc(-c4ccc(N)nc4)cc3)C2)nc2ccccc21. The van der Waals surface area contributed by atoms with E-state index in [1.807, 2.05) is 59.5 Å². The van der Waals surface area contributed by atoms with Gasteiger partial charge in [-0.05, 0) is 54.7 Å². The molecule has 0 unspecified atom stereocenters. The topological polar surface area (TPSA) is 146 Å². The minimum absolute atomic E-state index is 0.0663. The van der Waals surface area contributed by atoms with Crippen molar-refractivity contribution in [3.63, 3.8) is 0 Å². The monoisotopic (exact) mass is 525 g/mol. The van der Waals surface area contributed by atoms with Crippen LogP contribution in [0.25, 0.3) is 22.2 Å². The molecule has 0 radical (unpaired) electrons. The Kier molecular flexibility index (Phi) is 7.88. The third kappa shape index (κ3) is 6.26. The van der Waals surface area contributed by atoms with Crippen LogP contribution in [0, 0.1) is 0 Å². The van der Waals surface area contributed by atoms with Gasteiger partial charge in [-0.3, -0.25) is 9.59 Å². The molecule has 2 atom stereocenters. The smallest absolute Gasteiger partial charge is 0.224 e. The van der Waals surface area contributed by atoms with Gasteiger partial charge in [-0.25, -0.2) is 9.97 Å². The van der Waals surface area contributed by atoms with Gasteiger partial charge in [-0.15, -0.1) is 0 Å². The molecule has 9 nitrogen and oxygen atoms in total. The Balaban J connectivity index is 1.22. The summed E-state index contributed by atoms with van der Waals surface area (Å²) in [6, 6.07) is 19.5. The predicted octanol–water partition coefficient (Wildman–Crippen LogP) is 3.22. The lowest BCUT2D eigenvalue weighted by Gasteiger charge is -2.33. The number of carbonyl (C=O) groups is 2. The van der Waals surface area contributed by atoms with Gasteiger partial charge < -0.3 is 26.7 Å². The van der Waals surface area contributed by atoms with Gasteiger partial charge in [0.05, 0.1) is 11.0 Å². The Hall–Kier alpha value is -4.24. The summed E-state index contributed by atoms with van der Waals surface area (Å²) < 4.78 is 2.09. The molecule has 202 valence electrons. The number of nitrogens with two attached hydrogens (primary N) is 3. The Morgan fingerprint density at radius 1 is 1.03 bits per heavy atom. The highest BCUT2D eigenvalue weighted by Gasteiger charge is 2.29. The Morgan fingerprint density at radius 2 is 1.79 bits per heavy atom. The van der Waals surface area contributed by atoms with Crippen molar-refractivity contribution >= 4 is 28.7 Å². The molecule has 9 heteroatoms. The number of fused-ring (bicyclic) bond motifs is 1. The van der Waals surface area contributed by atoms with Crippen LogP contribution < -0.4 is 17.2 Å². The number of pyridine rings is 1. The van der Waals surface area contributed by atoms with Gasteiger partial charge in [0.15, 0.2) is 0 Å². The molecule has 1 fully saturated rings. The van der Waals surface area contributed by atoms with E-state index in [1.54, 1.807) is 12.3 Å². The van der Waals surface area contributed by atoms with Gasteiger partial charge in [0.2, 0.25) is 11.8 Å². The normalized spacial score (nSPS) is 16.3. The van der Waals surface area contributed by atoms with E-state index in [1.165, 1.54) is 0 Å². The van der Waals surface area contributed by atoms with Gasteiger partial charge in [0.1, 0.15) is 11.6 Å². The number of aryl methyl sites for hydroxylation is 1. The van der Waals surface area contributed by atoms with Crippen LogP contribution >= 0.6 is 0 Å². The molecule has 3 heterocycles. The molecule has 1 saturated heterocycles. The van der Waals surface area contributed by atoms with Crippen LogP contribution in [-0.4, -0.2) is 50.4 Å². The second kappa shape index (κ2) is 11.7. The summed E-state index contributed by atoms with van der Waals surface area (Å²) in [5, 5.41) is 0. The minimum Gasteiger partial charge on any atom is -0.384 e. The first kappa shape index (κ1) is 26.4. The zero-order valence-corrected chi connectivity index (χ0v) is 22.0. The van der Waals surface area contributed by atoms with E-state index < -0.39 is 0 Å². The molecule has 2 amide bonds. The maximum absolute atomic E-state index is 13.3. The molecule has 0 bridgehead atoms. The molecule has 6 N–H and O–H groups in total. The number of hydrogen-bond donors (Lipinski definition) is 3. The number of anilines is 1. The summed E-state index contributed by atoms with van der Waals surface area (Å²) in [6.07, 6.45) is 4.74. The van der Waals surface area contributed by atoms with Crippen LogP contribution in [-0.2, 0) is 22.6 Å². The van der Waals surface area contributed by atoms with Crippen LogP contribution in [0.15, 0.2) is 66.9 Å². The highest BCUT2D eigenvalue weighted by Crippen LogP contribution is 2.30. The second-order valence-corrected chi connectivity index (χ2v) is 10.3. The molecule has 0 spiro atoms. The minimum atomic E-state index is -0.343. The lowest BCUT2D eigenvalue weighted by atomic mass is 9.95. The molecular formula is C30H35N7O2. The summed E-state index contributed by atoms with van der Waals surface area (Å²) in [4.78, 5) is 35.7. The van der Waals surface area contributed by atoms with Crippen LogP contribution in [0.2, 0.25) is 0 Å². The molecule has 0 aliphatic carbocycles. The lowest BCUT2D eigenvalue weighted by Crippen LogP contribution is -2.42. The van der Waals surface area contributed by atoms with Crippen molar-refractivity contribution in [1.29, 1.82) is 0 Å². The van der Waals surface area contributed by atoms with Crippen LogP contribution in [0.1, 0.15) is 43.0 Å². The molecule has 39 heavy (non-hydrogen) atoms. The highest BCUT2D eigenvalue weighted by molar-refractivity contribution is 5.78. The summed E-state index contributed by atoms with van der Waals surface area (Å²) in [6.45, 7) is 1.79. The van der Waals surface area contributed by atoms with Crippen molar-refractivity contribution in [2.24, 2.45) is 11.5 Å². The molecule has 2 aromatic heterocycles. The number of rotatable bonds is 9. The van der Waals surface area contributed by atoms with Crippen LogP contribution in [0.4, 0.5) is 5.82 Å². The highest BCUT2D eigenvalue weighted by atomic mass is 16.2. The first-order valence-electron chi connectivity index (χ1n) is 13.4. The number of carbonyl (C=O) groups excluding carboxylic acids is 2. The van der Waals surface area contributed by atoms with E-state index in [2.05, 4.69) is 9.55 Å². The molecule has 2 aromatic carbocycles. The number of benzene rings is 2. The zero-order chi connectivity index (χ0) is 27.4. The van der Waals surface area contributed by atoms with Crippen molar-refractivity contribution in [2.45, 2.75) is 50.6 Å². The first-order chi connectivity index (χ1) is 18.9. The average Bonchev–Trinajstić information content (AvgIpc) is 3.31. The number of aromatic nitrogens is 3. The molecular weight excluding hydrogens is 490 g/mol. The van der Waals surface area contributed by atoms with Gasteiger partial charge in [0.25, 0.3) is 0 Å². The fourth-order valence-corrected chi connectivity index (χ4v) is 5.41. The fourth-order valence-electron chi connectivity index (χ4n) is 5.41. The summed E-state index contributed by atoms with van der Waals surface area (Å²) in [5.74, 6) is 1.22. The van der Waals surface area contributed by atoms with E-state index in [4.69, 9.17) is 22.2 Å². The maximum Gasteiger partial charge on any atom is 0.224 e. The Bertz CT molecular complexity index is 1450. The molecule has 0 saturated carbocycles. The quantitative estimate of drug-likeness (QED) is 0.306. The van der Waals surface area contributed by atoms with Gasteiger partial charge in [-0.2, -0.15) is 0 Å². The van der Waals surface area contributed by atoms with E-state index in [0.717, 1.165) is 46.4 Å². The van der Waals surface area contributed by atoms with Crippen molar-refractivity contribution in [2.75, 3.05) is 18.8 Å². The number of likely N-dealkylation sites (tertiary alicyclic amines) is 1. The summed E-state index contributed by atoms with van der Waals surface area (Å²) in [7, 11) is 0. The van der Waals surface area contributed by atoms with E-state index in [9.17, 15) is 9.59 Å². The lowest BCUT2D eigenvalue weighted by molar-refractivity contribution is -0.132. The number of amides is 2. The van der Waals surface area contributed by atoms with Crippen LogP contribution in [0.3, 0.4) is 0 Å². The fraction of sp³-hybridized carbons (Fsp3) is 0.333. The summed E-state index contributed by atoms with van der Waals surface area (Å²) in [5.41, 5.74) is 22.6. The average molecular weight is 526 g/mol. The second-order valence-electron chi connectivity index (χ2n) is 10.3. The number of imidazole rings is 1. The Morgan fingerprint density at radius 3 is 2.54 bits per heavy atom. The van der Waals surface area contributed by atoms with E-state index >= 15 is 0 Å². The van der Waals surface area contributed by atoms with E-state index in [0.29, 0.717) is 31.9 Å². The first-order valence-corrected chi connectivity index (χ1v) is 13.4. The number of hydrogen-bond acceptors (Lipinski definition) is 6. The standard InChI is InChI=1S/C30H35N7O2/c31-24(16-20-7-9-21(10-8-20)22-11-12-27(32)34-18-22)17-29(39)36-14-3-4-23(19-36)30-35-25-5-1-2-6-26(25)37(30)15-13-28(33)38/h1-2,5-12,18,23-24H,3-4,13-17,19,31H2,(H2,32,34)(H2,33,38)/t23-,24-/m1/s1. The van der Waals surface area contributed by atoms with Crippen LogP contribution in [0.5, 0.6) is 0 Å². The number of nitrogen functional groups attached to an aromatic ring is 1. The molecule has 4 aromatic rings. The number of para-hydroxylation sites is 2. The van der Waals surface area contributed by atoms with Crippen molar-refractivity contribution < 1.29 is 9.59 Å². The molecule has 5 rings (SSSR count). The summed E-state index contributed by atoms with van der Waals surface area (Å²) >= 11 is 0. The Labute approximate surface area is 228 Å². The largest absolute Gasteiger partial charge is 0.384 e. The van der Waals surface area contributed by atoms with E-state index in [-0.39, 0.29) is 36.6 Å². The third-order valence-electron chi connectivity index (χ3n) is 7.41. The maximum atomic E-state index is 13.3.